The van der Waals surface area contributed by atoms with Crippen molar-refractivity contribution in [3.8, 4) is 11.5 Å². The van der Waals surface area contributed by atoms with Crippen LogP contribution in [0.4, 0.5) is 0 Å². The van der Waals surface area contributed by atoms with E-state index in [1.807, 2.05) is 55.6 Å². The van der Waals surface area contributed by atoms with Gasteiger partial charge in [0.15, 0.2) is 11.5 Å². The molecule has 2 aromatic carbocycles. The SMILES string of the molecule is CN(Cc1ccccc1)C(=O)Cc1ccc2c(c1)OCCO2. The quantitative estimate of drug-likeness (QED) is 0.871. The molecule has 4 nitrogen and oxygen atoms in total. The summed E-state index contributed by atoms with van der Waals surface area (Å²) in [5.41, 5.74) is 2.06. The zero-order valence-corrected chi connectivity index (χ0v) is 12.6. The Morgan fingerprint density at radius 2 is 1.73 bits per heavy atom. The molecule has 1 heterocycles. The van der Waals surface area contributed by atoms with E-state index in [9.17, 15) is 4.79 Å². The topological polar surface area (TPSA) is 38.8 Å². The molecule has 2 aromatic rings. The van der Waals surface area contributed by atoms with Gasteiger partial charge in [0.05, 0.1) is 6.42 Å². The number of carbonyl (C=O) groups excluding carboxylic acids is 1. The average Bonchev–Trinajstić information content (AvgIpc) is 2.55. The van der Waals surface area contributed by atoms with E-state index >= 15 is 0 Å². The lowest BCUT2D eigenvalue weighted by atomic mass is 10.1. The molecule has 0 bridgehead atoms. The van der Waals surface area contributed by atoms with E-state index in [1.54, 1.807) is 4.90 Å². The van der Waals surface area contributed by atoms with Crippen LogP contribution in [0.1, 0.15) is 11.1 Å². The fourth-order valence-corrected chi connectivity index (χ4v) is 2.45. The largest absolute Gasteiger partial charge is 0.486 e. The molecule has 0 N–H and O–H groups in total. The molecule has 3 rings (SSSR count). The minimum Gasteiger partial charge on any atom is -0.486 e. The zero-order valence-electron chi connectivity index (χ0n) is 12.6. The number of nitrogens with zero attached hydrogens (tertiary/aromatic N) is 1. The minimum atomic E-state index is 0.0838. The van der Waals surface area contributed by atoms with Gasteiger partial charge in [-0.3, -0.25) is 4.79 Å². The Morgan fingerprint density at radius 3 is 2.50 bits per heavy atom. The van der Waals surface area contributed by atoms with E-state index in [2.05, 4.69) is 0 Å². The zero-order chi connectivity index (χ0) is 15.4. The second-order valence-electron chi connectivity index (χ2n) is 5.39. The summed E-state index contributed by atoms with van der Waals surface area (Å²) < 4.78 is 11.0. The minimum absolute atomic E-state index is 0.0838. The Hall–Kier alpha value is -2.49. The van der Waals surface area contributed by atoms with Gasteiger partial charge in [0.25, 0.3) is 0 Å². The third-order valence-corrected chi connectivity index (χ3v) is 3.65. The molecule has 4 heteroatoms. The number of fused-ring (bicyclic) bond motifs is 1. The van der Waals surface area contributed by atoms with E-state index in [-0.39, 0.29) is 5.91 Å². The van der Waals surface area contributed by atoms with Crippen LogP contribution in [0.25, 0.3) is 0 Å². The van der Waals surface area contributed by atoms with E-state index in [0.717, 1.165) is 22.6 Å². The predicted octanol–water partition coefficient (Wildman–Crippen LogP) is 2.66. The number of hydrogen-bond donors (Lipinski definition) is 0. The normalized spacial score (nSPS) is 12.8. The highest BCUT2D eigenvalue weighted by atomic mass is 16.6. The molecule has 22 heavy (non-hydrogen) atoms. The van der Waals surface area contributed by atoms with Crippen molar-refractivity contribution in [1.82, 2.24) is 4.90 Å². The fourth-order valence-electron chi connectivity index (χ4n) is 2.45. The molecule has 0 unspecified atom stereocenters. The molecule has 0 fully saturated rings. The van der Waals surface area contributed by atoms with Crippen LogP contribution in [0.3, 0.4) is 0 Å². The van der Waals surface area contributed by atoms with Crippen molar-refractivity contribution in [2.45, 2.75) is 13.0 Å². The lowest BCUT2D eigenvalue weighted by Crippen LogP contribution is -2.27. The first-order valence-corrected chi connectivity index (χ1v) is 7.39. The summed E-state index contributed by atoms with van der Waals surface area (Å²) in [6.45, 7) is 1.74. The number of likely N-dealkylation sites (N-methyl/N-ethyl adjacent to an activating group) is 1. The van der Waals surface area contributed by atoms with Crippen molar-refractivity contribution < 1.29 is 14.3 Å². The van der Waals surface area contributed by atoms with Gasteiger partial charge in [-0.15, -0.1) is 0 Å². The van der Waals surface area contributed by atoms with Gasteiger partial charge in [-0.1, -0.05) is 36.4 Å². The first kappa shape index (κ1) is 14.4. The van der Waals surface area contributed by atoms with Crippen molar-refractivity contribution in [2.24, 2.45) is 0 Å². The highest BCUT2D eigenvalue weighted by Gasteiger charge is 2.15. The Labute approximate surface area is 130 Å². The van der Waals surface area contributed by atoms with Gasteiger partial charge < -0.3 is 14.4 Å². The van der Waals surface area contributed by atoms with E-state index < -0.39 is 0 Å². The predicted molar refractivity (Wildman–Crippen MR) is 84.1 cm³/mol. The molecule has 0 aromatic heterocycles. The van der Waals surface area contributed by atoms with E-state index in [0.29, 0.717) is 26.2 Å². The molecule has 0 aliphatic carbocycles. The summed E-state index contributed by atoms with van der Waals surface area (Å²) in [6.07, 6.45) is 0.361. The van der Waals surface area contributed by atoms with Gasteiger partial charge in [0.2, 0.25) is 5.91 Å². The summed E-state index contributed by atoms with van der Waals surface area (Å²) in [4.78, 5) is 14.1. The first-order chi connectivity index (χ1) is 10.7. The number of ether oxygens (including phenoxy) is 2. The molecular weight excluding hydrogens is 278 g/mol. The van der Waals surface area contributed by atoms with Gasteiger partial charge in [0, 0.05) is 13.6 Å². The van der Waals surface area contributed by atoms with Crippen LogP contribution < -0.4 is 9.47 Å². The van der Waals surface area contributed by atoms with Crippen LogP contribution in [0.2, 0.25) is 0 Å². The smallest absolute Gasteiger partial charge is 0.227 e. The Bertz CT molecular complexity index is 655. The number of carbonyl (C=O) groups is 1. The Morgan fingerprint density at radius 1 is 1.00 bits per heavy atom. The van der Waals surface area contributed by atoms with Crippen molar-refractivity contribution in [3.05, 3.63) is 59.7 Å². The average molecular weight is 297 g/mol. The molecule has 0 saturated heterocycles. The molecule has 0 saturated carbocycles. The van der Waals surface area contributed by atoms with Crippen LogP contribution in [0.5, 0.6) is 11.5 Å². The maximum absolute atomic E-state index is 12.3. The highest BCUT2D eigenvalue weighted by Crippen LogP contribution is 2.30. The summed E-state index contributed by atoms with van der Waals surface area (Å²) >= 11 is 0. The van der Waals surface area contributed by atoms with Crippen LogP contribution in [0.15, 0.2) is 48.5 Å². The molecule has 1 aliphatic rings. The third-order valence-electron chi connectivity index (χ3n) is 3.65. The maximum Gasteiger partial charge on any atom is 0.227 e. The van der Waals surface area contributed by atoms with E-state index in [4.69, 9.17) is 9.47 Å². The van der Waals surface area contributed by atoms with Crippen molar-refractivity contribution >= 4 is 5.91 Å². The maximum atomic E-state index is 12.3. The number of hydrogen-bond acceptors (Lipinski definition) is 3. The van der Waals surface area contributed by atoms with Crippen LogP contribution in [-0.4, -0.2) is 31.1 Å². The molecule has 0 spiro atoms. The van der Waals surface area contributed by atoms with Gasteiger partial charge in [0.1, 0.15) is 13.2 Å². The standard InChI is InChI=1S/C18H19NO3/c1-19(13-14-5-3-2-4-6-14)18(20)12-15-7-8-16-17(11-15)22-10-9-21-16/h2-8,11H,9-10,12-13H2,1H3. The van der Waals surface area contributed by atoms with Gasteiger partial charge in [-0.2, -0.15) is 0 Å². The second-order valence-corrected chi connectivity index (χ2v) is 5.39. The molecule has 1 amide bonds. The summed E-state index contributed by atoms with van der Waals surface area (Å²) in [6, 6.07) is 15.7. The molecular formula is C18H19NO3. The molecule has 1 aliphatic heterocycles. The van der Waals surface area contributed by atoms with Crippen LogP contribution in [-0.2, 0) is 17.8 Å². The summed E-state index contributed by atoms with van der Waals surface area (Å²) in [7, 11) is 1.83. The molecule has 0 atom stereocenters. The number of amides is 1. The van der Waals surface area contributed by atoms with E-state index in [1.165, 1.54) is 0 Å². The third kappa shape index (κ3) is 3.39. The lowest BCUT2D eigenvalue weighted by Gasteiger charge is -2.20. The second kappa shape index (κ2) is 6.52. The monoisotopic (exact) mass is 297 g/mol. The van der Waals surface area contributed by atoms with Crippen molar-refractivity contribution in [2.75, 3.05) is 20.3 Å². The highest BCUT2D eigenvalue weighted by molar-refractivity contribution is 5.78. The molecule has 0 radical (unpaired) electrons. The Balaban J connectivity index is 1.63. The lowest BCUT2D eigenvalue weighted by molar-refractivity contribution is -0.129. The fraction of sp³-hybridized carbons (Fsp3) is 0.278. The molecule has 114 valence electrons. The van der Waals surface area contributed by atoms with Crippen molar-refractivity contribution in [3.63, 3.8) is 0 Å². The Kier molecular flexibility index (Phi) is 4.28. The number of rotatable bonds is 4. The van der Waals surface area contributed by atoms with Crippen LogP contribution in [0, 0.1) is 0 Å². The summed E-state index contributed by atoms with van der Waals surface area (Å²) in [5.74, 6) is 1.56. The van der Waals surface area contributed by atoms with Crippen molar-refractivity contribution in [1.29, 1.82) is 0 Å². The summed E-state index contributed by atoms with van der Waals surface area (Å²) in [5, 5.41) is 0. The van der Waals surface area contributed by atoms with Gasteiger partial charge >= 0.3 is 0 Å². The van der Waals surface area contributed by atoms with Gasteiger partial charge in [-0.05, 0) is 23.3 Å². The number of benzene rings is 2. The van der Waals surface area contributed by atoms with Gasteiger partial charge in [-0.25, -0.2) is 0 Å². The van der Waals surface area contributed by atoms with Crippen LogP contribution >= 0.6 is 0 Å². The first-order valence-electron chi connectivity index (χ1n) is 7.39.